The number of hydrogen-bond acceptors (Lipinski definition) is 3. The molecule has 1 atom stereocenters. The standard InChI is InChI=1S/C32H29NO3S/c34-37(35,36)21-7-13-31-28(12-6-20-33-31)27-17-16-25(22-8-2-1-3-9-22)32-29-15-14-23-10-4-5-11-24(23)26(29)18-19-30(27)32/h1-6,8-12,15,18-20,27H,7,13-14,16-17,21H2,(H,34,35,36). The van der Waals surface area contributed by atoms with Gasteiger partial charge < -0.3 is 0 Å². The highest BCUT2D eigenvalue weighted by atomic mass is 32.2. The first-order valence-electron chi connectivity index (χ1n) is 12.9. The van der Waals surface area contributed by atoms with Crippen LogP contribution in [-0.4, -0.2) is 23.7 Å². The third-order valence-corrected chi connectivity index (χ3v) is 8.52. The van der Waals surface area contributed by atoms with Crippen molar-refractivity contribution in [3.05, 3.63) is 123 Å². The summed E-state index contributed by atoms with van der Waals surface area (Å²) in [6, 6.07) is 28.0. The van der Waals surface area contributed by atoms with Gasteiger partial charge in [-0.2, -0.15) is 8.42 Å². The highest BCUT2D eigenvalue weighted by Gasteiger charge is 2.27. The molecule has 4 nitrogen and oxygen atoms in total. The van der Waals surface area contributed by atoms with Crippen LogP contribution >= 0.6 is 0 Å². The molecule has 1 aromatic heterocycles. The molecule has 0 aliphatic heterocycles. The summed E-state index contributed by atoms with van der Waals surface area (Å²) in [6.45, 7) is 0. The maximum atomic E-state index is 11.3. The van der Waals surface area contributed by atoms with Crippen LogP contribution in [0.25, 0.3) is 22.8 Å². The molecule has 1 unspecified atom stereocenters. The van der Waals surface area contributed by atoms with Crippen LogP contribution in [0.5, 0.6) is 0 Å². The van der Waals surface area contributed by atoms with Gasteiger partial charge in [-0.15, -0.1) is 0 Å². The summed E-state index contributed by atoms with van der Waals surface area (Å²) in [6.07, 6.45) is 7.85. The zero-order valence-electron chi connectivity index (χ0n) is 20.6. The Kier molecular flexibility index (Phi) is 6.27. The normalized spacial score (nSPS) is 16.4. The largest absolute Gasteiger partial charge is 0.286 e. The van der Waals surface area contributed by atoms with Crippen LogP contribution in [0.2, 0.25) is 0 Å². The van der Waals surface area contributed by atoms with Crippen molar-refractivity contribution >= 4 is 21.8 Å². The van der Waals surface area contributed by atoms with E-state index in [1.165, 1.54) is 43.8 Å². The maximum absolute atomic E-state index is 11.3. The molecule has 2 aliphatic rings. The molecule has 0 fully saturated rings. The van der Waals surface area contributed by atoms with E-state index in [9.17, 15) is 13.0 Å². The summed E-state index contributed by atoms with van der Waals surface area (Å²) in [4.78, 5) is 4.65. The van der Waals surface area contributed by atoms with Crippen molar-refractivity contribution in [1.82, 2.24) is 4.98 Å². The lowest BCUT2D eigenvalue weighted by molar-refractivity contribution is 0.481. The number of aromatic nitrogens is 1. The summed E-state index contributed by atoms with van der Waals surface area (Å²) < 4.78 is 31.8. The predicted octanol–water partition coefficient (Wildman–Crippen LogP) is 5.03. The van der Waals surface area contributed by atoms with Gasteiger partial charge in [-0.05, 0) is 87.6 Å². The molecule has 37 heavy (non-hydrogen) atoms. The average Bonchev–Trinajstić information content (AvgIpc) is 2.92. The van der Waals surface area contributed by atoms with Crippen molar-refractivity contribution < 1.29 is 13.0 Å². The van der Waals surface area contributed by atoms with Crippen LogP contribution in [0.4, 0.5) is 0 Å². The quantitative estimate of drug-likeness (QED) is 0.372. The topological polar surface area (TPSA) is 67.3 Å². The molecule has 5 heteroatoms. The van der Waals surface area contributed by atoms with E-state index in [-0.39, 0.29) is 11.7 Å². The summed E-state index contributed by atoms with van der Waals surface area (Å²) in [5, 5.41) is 2.65. The van der Waals surface area contributed by atoms with Gasteiger partial charge in [0.05, 0.1) is 5.75 Å². The molecule has 3 aromatic carbocycles. The average molecular weight is 508 g/mol. The monoisotopic (exact) mass is 507 g/mol. The number of aryl methyl sites for hydroxylation is 1. The fraction of sp³-hybridized carbons (Fsp3) is 0.219. The summed E-state index contributed by atoms with van der Waals surface area (Å²) >= 11 is 0. The van der Waals surface area contributed by atoms with Crippen LogP contribution in [0.15, 0.2) is 85.1 Å². The first-order chi connectivity index (χ1) is 18.0. The van der Waals surface area contributed by atoms with E-state index in [4.69, 9.17) is 0 Å². The Balaban J connectivity index is 1.54. The van der Waals surface area contributed by atoms with Gasteiger partial charge in [0.1, 0.15) is 0 Å². The second-order valence-electron chi connectivity index (χ2n) is 9.92. The first kappa shape index (κ1) is 23.8. The Morgan fingerprint density at radius 3 is 2.51 bits per heavy atom. The Labute approximate surface area is 217 Å². The third-order valence-electron chi connectivity index (χ3n) is 7.71. The fourth-order valence-electron chi connectivity index (χ4n) is 6.10. The maximum Gasteiger partial charge on any atom is 0.264 e. The second kappa shape index (κ2) is 9.73. The van der Waals surface area contributed by atoms with Crippen LogP contribution in [0, 0.1) is 0 Å². The molecule has 0 radical (unpaired) electrons. The zero-order chi connectivity index (χ0) is 25.4. The van der Waals surface area contributed by atoms with Crippen LogP contribution in [-0.2, 0) is 23.0 Å². The molecule has 6 rings (SSSR count). The van der Waals surface area contributed by atoms with Crippen molar-refractivity contribution in [2.75, 3.05) is 5.75 Å². The zero-order valence-corrected chi connectivity index (χ0v) is 21.4. The highest BCUT2D eigenvalue weighted by molar-refractivity contribution is 7.85. The molecule has 0 saturated carbocycles. The van der Waals surface area contributed by atoms with E-state index >= 15 is 0 Å². The molecule has 0 amide bonds. The minimum atomic E-state index is -3.99. The van der Waals surface area contributed by atoms with Crippen molar-refractivity contribution in [2.45, 2.75) is 38.0 Å². The Morgan fingerprint density at radius 2 is 1.68 bits per heavy atom. The van der Waals surface area contributed by atoms with E-state index in [1.54, 1.807) is 6.20 Å². The molecule has 2 aliphatic carbocycles. The molecule has 1 N–H and O–H groups in total. The fourth-order valence-corrected chi connectivity index (χ4v) is 6.61. The van der Waals surface area contributed by atoms with E-state index < -0.39 is 10.1 Å². The Morgan fingerprint density at radius 1 is 0.865 bits per heavy atom. The van der Waals surface area contributed by atoms with Crippen LogP contribution in [0.1, 0.15) is 53.1 Å². The second-order valence-corrected chi connectivity index (χ2v) is 11.5. The van der Waals surface area contributed by atoms with E-state index in [0.29, 0.717) is 12.8 Å². The summed E-state index contributed by atoms with van der Waals surface area (Å²) in [7, 11) is -3.99. The van der Waals surface area contributed by atoms with Gasteiger partial charge in [-0.25, -0.2) is 0 Å². The number of fused-ring (bicyclic) bond motifs is 5. The van der Waals surface area contributed by atoms with Gasteiger partial charge in [0.15, 0.2) is 0 Å². The summed E-state index contributed by atoms with van der Waals surface area (Å²) in [5.74, 6) is -0.0780. The van der Waals surface area contributed by atoms with Crippen molar-refractivity contribution in [1.29, 1.82) is 0 Å². The number of nitrogens with zero attached hydrogens (tertiary/aromatic N) is 1. The highest BCUT2D eigenvalue weighted by Crippen LogP contribution is 2.37. The lowest BCUT2D eigenvalue weighted by Gasteiger charge is -2.29. The number of rotatable bonds is 6. The van der Waals surface area contributed by atoms with Gasteiger partial charge in [-0.1, -0.05) is 78.9 Å². The third kappa shape index (κ3) is 4.65. The molecular weight excluding hydrogens is 478 g/mol. The number of hydrogen-bond donors (Lipinski definition) is 1. The Bertz CT molecular complexity index is 1710. The first-order valence-corrected chi connectivity index (χ1v) is 14.5. The van der Waals surface area contributed by atoms with E-state index in [2.05, 4.69) is 83.9 Å². The van der Waals surface area contributed by atoms with Gasteiger partial charge in [0.25, 0.3) is 10.1 Å². The number of benzene rings is 3. The van der Waals surface area contributed by atoms with Crippen molar-refractivity contribution in [3.63, 3.8) is 0 Å². The lowest BCUT2D eigenvalue weighted by atomic mass is 9.75. The van der Waals surface area contributed by atoms with Gasteiger partial charge in [0, 0.05) is 17.8 Å². The molecule has 186 valence electrons. The molecule has 4 aromatic rings. The molecule has 0 spiro atoms. The van der Waals surface area contributed by atoms with Gasteiger partial charge in [0.2, 0.25) is 0 Å². The SMILES string of the molecule is O=S(=O)(O)CCCc1ncccc1C1CCC(c2ccccc2)=c2c1ccc1c2=CCc2ccccc2-1. The summed E-state index contributed by atoms with van der Waals surface area (Å²) in [5.41, 5.74) is 9.98. The van der Waals surface area contributed by atoms with E-state index in [1.807, 2.05) is 6.07 Å². The van der Waals surface area contributed by atoms with E-state index in [0.717, 1.165) is 30.5 Å². The van der Waals surface area contributed by atoms with Crippen LogP contribution in [0.3, 0.4) is 0 Å². The van der Waals surface area contributed by atoms with Gasteiger partial charge in [-0.3, -0.25) is 9.54 Å². The lowest BCUT2D eigenvalue weighted by Crippen LogP contribution is -2.38. The minimum absolute atomic E-state index is 0.174. The molecular formula is C32H29NO3S. The Hall–Kier alpha value is -3.54. The predicted molar refractivity (Wildman–Crippen MR) is 148 cm³/mol. The minimum Gasteiger partial charge on any atom is -0.286 e. The number of pyridine rings is 1. The molecule has 0 bridgehead atoms. The van der Waals surface area contributed by atoms with Crippen molar-refractivity contribution in [2.24, 2.45) is 0 Å². The smallest absolute Gasteiger partial charge is 0.264 e. The molecule has 1 heterocycles. The van der Waals surface area contributed by atoms with Gasteiger partial charge >= 0.3 is 0 Å². The van der Waals surface area contributed by atoms with Crippen molar-refractivity contribution in [3.8, 4) is 11.1 Å². The van der Waals surface area contributed by atoms with Crippen LogP contribution < -0.4 is 10.4 Å². The molecule has 0 saturated heterocycles.